The van der Waals surface area contributed by atoms with Crippen molar-refractivity contribution in [3.05, 3.63) is 58.5 Å². The molecule has 1 aliphatic heterocycles. The van der Waals surface area contributed by atoms with Gasteiger partial charge < -0.3 is 24.5 Å². The number of halogens is 2. The number of hydrogen-bond acceptors (Lipinski definition) is 7. The van der Waals surface area contributed by atoms with Gasteiger partial charge in [0.2, 0.25) is 0 Å². The van der Waals surface area contributed by atoms with Crippen molar-refractivity contribution in [1.82, 2.24) is 15.0 Å². The van der Waals surface area contributed by atoms with Gasteiger partial charge in [-0.25, -0.2) is 0 Å². The van der Waals surface area contributed by atoms with Crippen molar-refractivity contribution in [2.75, 3.05) is 19.0 Å². The number of benzene rings is 1. The second-order valence-electron chi connectivity index (χ2n) is 6.16. The summed E-state index contributed by atoms with van der Waals surface area (Å²) in [5.74, 6) is 0.467. The van der Waals surface area contributed by atoms with Gasteiger partial charge in [-0.1, -0.05) is 6.07 Å². The van der Waals surface area contributed by atoms with E-state index < -0.39 is 6.29 Å². The fourth-order valence-corrected chi connectivity index (χ4v) is 2.85. The highest BCUT2D eigenvalue weighted by Gasteiger charge is 2.43. The standard InChI is InChI=1S/C19H16F2N4O4/c1-27-18-24-13(12-3-2-7-23-17(12)26)10-16(25-18)22-8-6-11-4-5-14-15(9-11)29-19(20,21)28-14/h2-5,7,9-10H,6,8H2,1H3,(H,23,26)(H,22,24,25). The largest absolute Gasteiger partial charge is 0.586 e. The summed E-state index contributed by atoms with van der Waals surface area (Å²) < 4.78 is 40.2. The topological polar surface area (TPSA) is 98.4 Å². The summed E-state index contributed by atoms with van der Waals surface area (Å²) in [6.45, 7) is 0.445. The molecule has 0 spiro atoms. The molecule has 8 nitrogen and oxygen atoms in total. The minimum atomic E-state index is -3.64. The van der Waals surface area contributed by atoms with Gasteiger partial charge in [0, 0.05) is 18.8 Å². The number of alkyl halides is 2. The smallest absolute Gasteiger partial charge is 0.467 e. The van der Waals surface area contributed by atoms with E-state index >= 15 is 0 Å². The maximum atomic E-state index is 13.1. The van der Waals surface area contributed by atoms with Crippen molar-refractivity contribution in [2.24, 2.45) is 0 Å². The molecule has 1 aromatic carbocycles. The predicted octanol–water partition coefficient (Wildman–Crippen LogP) is 2.82. The van der Waals surface area contributed by atoms with Gasteiger partial charge in [0.15, 0.2) is 11.5 Å². The van der Waals surface area contributed by atoms with Crippen LogP contribution in [0.25, 0.3) is 11.3 Å². The molecule has 3 aromatic rings. The lowest BCUT2D eigenvalue weighted by atomic mass is 10.1. The second-order valence-corrected chi connectivity index (χ2v) is 6.16. The van der Waals surface area contributed by atoms with Crippen LogP contribution < -0.4 is 25.1 Å². The van der Waals surface area contributed by atoms with Gasteiger partial charge in [0.1, 0.15) is 5.82 Å². The number of H-pyrrole nitrogens is 1. The quantitative estimate of drug-likeness (QED) is 0.654. The average Bonchev–Trinajstić information content (AvgIpc) is 3.01. The van der Waals surface area contributed by atoms with Crippen LogP contribution in [0.4, 0.5) is 14.6 Å². The Bertz CT molecular complexity index is 1100. The molecule has 0 amide bonds. The number of fused-ring (bicyclic) bond motifs is 1. The molecule has 0 unspecified atom stereocenters. The van der Waals surface area contributed by atoms with E-state index in [4.69, 9.17) is 4.74 Å². The molecule has 29 heavy (non-hydrogen) atoms. The molecular weight excluding hydrogens is 386 g/mol. The lowest BCUT2D eigenvalue weighted by Gasteiger charge is -2.09. The molecule has 2 N–H and O–H groups in total. The molecule has 0 saturated heterocycles. The number of nitrogens with one attached hydrogen (secondary N) is 2. The first kappa shape index (κ1) is 18.7. The molecule has 2 aromatic heterocycles. The van der Waals surface area contributed by atoms with Gasteiger partial charge in [-0.2, -0.15) is 9.97 Å². The number of rotatable bonds is 6. The van der Waals surface area contributed by atoms with Crippen molar-refractivity contribution in [3.63, 3.8) is 0 Å². The summed E-state index contributed by atoms with van der Waals surface area (Å²) in [7, 11) is 1.43. The van der Waals surface area contributed by atoms with Gasteiger partial charge in [-0.05, 0) is 36.2 Å². The van der Waals surface area contributed by atoms with Gasteiger partial charge in [-0.3, -0.25) is 4.79 Å². The first-order valence-corrected chi connectivity index (χ1v) is 8.67. The van der Waals surface area contributed by atoms with Crippen molar-refractivity contribution in [3.8, 4) is 28.8 Å². The number of methoxy groups -OCH3 is 1. The van der Waals surface area contributed by atoms with Gasteiger partial charge in [0.05, 0.1) is 18.4 Å². The zero-order valence-corrected chi connectivity index (χ0v) is 15.2. The molecule has 0 aliphatic carbocycles. The van der Waals surface area contributed by atoms with E-state index in [1.54, 1.807) is 24.3 Å². The highest BCUT2D eigenvalue weighted by molar-refractivity contribution is 5.61. The minimum Gasteiger partial charge on any atom is -0.467 e. The Kier molecular flexibility index (Phi) is 4.75. The summed E-state index contributed by atoms with van der Waals surface area (Å²) in [6, 6.07) is 9.72. The Morgan fingerprint density at radius 2 is 2.00 bits per heavy atom. The van der Waals surface area contributed by atoms with Crippen molar-refractivity contribution in [1.29, 1.82) is 0 Å². The number of pyridine rings is 1. The first-order valence-electron chi connectivity index (χ1n) is 8.67. The number of anilines is 1. The van der Waals surface area contributed by atoms with Crippen LogP contribution in [0.2, 0.25) is 0 Å². The predicted molar refractivity (Wildman–Crippen MR) is 99.5 cm³/mol. The zero-order valence-electron chi connectivity index (χ0n) is 15.2. The maximum Gasteiger partial charge on any atom is 0.586 e. The SMILES string of the molecule is COc1nc(NCCc2ccc3c(c2)OC(F)(F)O3)cc(-c2ccc[nH]c2=O)n1. The molecular formula is C19H16F2N4O4. The Morgan fingerprint density at radius 3 is 2.79 bits per heavy atom. The van der Waals surface area contributed by atoms with Gasteiger partial charge in [-0.15, -0.1) is 8.78 Å². The van der Waals surface area contributed by atoms with E-state index in [2.05, 4.69) is 29.7 Å². The van der Waals surface area contributed by atoms with Crippen LogP contribution in [-0.2, 0) is 6.42 Å². The molecule has 0 atom stereocenters. The third-order valence-corrected chi connectivity index (χ3v) is 4.17. The zero-order chi connectivity index (χ0) is 20.4. The van der Waals surface area contributed by atoms with Gasteiger partial charge >= 0.3 is 12.3 Å². The Hall–Kier alpha value is -3.69. The summed E-state index contributed by atoms with van der Waals surface area (Å²) in [5, 5.41) is 3.12. The highest BCUT2D eigenvalue weighted by Crippen LogP contribution is 2.41. The van der Waals surface area contributed by atoms with E-state index in [0.717, 1.165) is 5.56 Å². The van der Waals surface area contributed by atoms with Crippen LogP contribution in [0.15, 0.2) is 47.4 Å². The Balaban J connectivity index is 1.47. The normalized spacial score (nSPS) is 13.9. The van der Waals surface area contributed by atoms with Crippen LogP contribution in [0, 0.1) is 0 Å². The van der Waals surface area contributed by atoms with Gasteiger partial charge in [0.25, 0.3) is 5.56 Å². The molecule has 10 heteroatoms. The monoisotopic (exact) mass is 402 g/mol. The molecule has 0 saturated carbocycles. The fourth-order valence-electron chi connectivity index (χ4n) is 2.85. The van der Waals surface area contributed by atoms with E-state index in [-0.39, 0.29) is 23.1 Å². The highest BCUT2D eigenvalue weighted by atomic mass is 19.3. The lowest BCUT2D eigenvalue weighted by molar-refractivity contribution is -0.286. The molecule has 0 bridgehead atoms. The summed E-state index contributed by atoms with van der Waals surface area (Å²) in [5.41, 5.74) is 1.29. The number of ether oxygens (including phenoxy) is 3. The van der Waals surface area contributed by atoms with Crippen LogP contribution in [0.1, 0.15) is 5.56 Å². The molecule has 3 heterocycles. The summed E-state index contributed by atoms with van der Waals surface area (Å²) in [4.78, 5) is 23.0. The minimum absolute atomic E-state index is 0.00166. The van der Waals surface area contributed by atoms with E-state index in [9.17, 15) is 13.6 Å². The van der Waals surface area contributed by atoms with Crippen molar-refractivity contribution in [2.45, 2.75) is 12.7 Å². The maximum absolute atomic E-state index is 13.1. The molecule has 150 valence electrons. The summed E-state index contributed by atoms with van der Waals surface area (Å²) in [6.07, 6.45) is -1.59. The van der Waals surface area contributed by atoms with E-state index in [0.29, 0.717) is 30.0 Å². The third kappa shape index (κ3) is 4.10. The first-order chi connectivity index (χ1) is 13.9. The van der Waals surface area contributed by atoms with E-state index in [1.807, 2.05) is 0 Å². The molecule has 0 fully saturated rings. The molecule has 4 rings (SSSR count). The number of aromatic amines is 1. The van der Waals surface area contributed by atoms with Crippen molar-refractivity contribution < 1.29 is 23.0 Å². The second kappa shape index (κ2) is 7.38. The Morgan fingerprint density at radius 1 is 1.17 bits per heavy atom. The summed E-state index contributed by atoms with van der Waals surface area (Å²) >= 11 is 0. The number of aromatic nitrogens is 3. The number of nitrogens with zero attached hydrogens (tertiary/aromatic N) is 2. The molecule has 0 radical (unpaired) electrons. The lowest BCUT2D eigenvalue weighted by Crippen LogP contribution is -2.25. The molecule has 1 aliphatic rings. The van der Waals surface area contributed by atoms with Crippen LogP contribution >= 0.6 is 0 Å². The number of hydrogen-bond donors (Lipinski definition) is 2. The third-order valence-electron chi connectivity index (χ3n) is 4.17. The van der Waals surface area contributed by atoms with Crippen LogP contribution in [0.3, 0.4) is 0 Å². The van der Waals surface area contributed by atoms with Crippen molar-refractivity contribution >= 4 is 5.82 Å². The van der Waals surface area contributed by atoms with E-state index in [1.165, 1.54) is 25.4 Å². The Labute approximate surface area is 163 Å². The fraction of sp³-hybridized carbons (Fsp3) is 0.211. The average molecular weight is 402 g/mol. The van der Waals surface area contributed by atoms with Crippen LogP contribution in [-0.4, -0.2) is 34.9 Å². The van der Waals surface area contributed by atoms with Crippen LogP contribution in [0.5, 0.6) is 17.5 Å².